The fraction of sp³-hybridized carbons (Fsp3) is 0.167. The van der Waals surface area contributed by atoms with E-state index < -0.39 is 0 Å². The van der Waals surface area contributed by atoms with Gasteiger partial charge in [0.1, 0.15) is 9.57 Å². The zero-order valence-electron chi connectivity index (χ0n) is 9.14. The van der Waals surface area contributed by atoms with Gasteiger partial charge >= 0.3 is 5.97 Å². The number of benzene rings is 1. The van der Waals surface area contributed by atoms with E-state index in [0.717, 1.165) is 14.3 Å². The molecular formula is C12H10O2S3. The van der Waals surface area contributed by atoms with Gasteiger partial charge in [-0.3, -0.25) is 4.79 Å². The average Bonchev–Trinajstić information content (AvgIpc) is 2.77. The summed E-state index contributed by atoms with van der Waals surface area (Å²) in [6.07, 6.45) is 0.383. The van der Waals surface area contributed by atoms with Crippen LogP contribution in [-0.2, 0) is 4.79 Å². The fourth-order valence-electron chi connectivity index (χ4n) is 1.26. The average molecular weight is 282 g/mol. The van der Waals surface area contributed by atoms with Crippen LogP contribution in [0.15, 0.2) is 30.3 Å². The van der Waals surface area contributed by atoms with Crippen molar-refractivity contribution in [3.8, 4) is 16.2 Å². The minimum absolute atomic E-state index is 0.219. The summed E-state index contributed by atoms with van der Waals surface area (Å²) in [5.74, 6) is 0.364. The highest BCUT2D eigenvalue weighted by Crippen LogP contribution is 2.30. The lowest BCUT2D eigenvalue weighted by atomic mass is 10.2. The van der Waals surface area contributed by atoms with Crippen molar-refractivity contribution in [2.75, 3.05) is 0 Å². The predicted octanol–water partition coefficient (Wildman–Crippen LogP) is 4.52. The largest absolute Gasteiger partial charge is 0.427 e. The maximum atomic E-state index is 11.1. The molecule has 1 aromatic carbocycles. The normalized spacial score (nSPS) is 10.2. The van der Waals surface area contributed by atoms with E-state index in [9.17, 15) is 4.79 Å². The van der Waals surface area contributed by atoms with Gasteiger partial charge in [-0.05, 0) is 35.9 Å². The molecule has 2 aromatic rings. The summed E-state index contributed by atoms with van der Waals surface area (Å²) in [4.78, 5) is 12.3. The number of ether oxygens (including phenoxy) is 1. The number of esters is 1. The van der Waals surface area contributed by atoms with Gasteiger partial charge in [0, 0.05) is 11.3 Å². The zero-order chi connectivity index (χ0) is 12.3. The van der Waals surface area contributed by atoms with Gasteiger partial charge in [-0.15, -0.1) is 0 Å². The Morgan fingerprint density at radius 2 is 2.00 bits per heavy atom. The molecule has 0 N–H and O–H groups in total. The van der Waals surface area contributed by atoms with E-state index in [1.54, 1.807) is 39.7 Å². The second-order valence-electron chi connectivity index (χ2n) is 3.35. The first kappa shape index (κ1) is 12.4. The van der Waals surface area contributed by atoms with Gasteiger partial charge in [0.2, 0.25) is 0 Å². The lowest BCUT2D eigenvalue weighted by molar-refractivity contribution is -0.134. The van der Waals surface area contributed by atoms with Crippen LogP contribution in [0, 0.1) is 3.82 Å². The molecule has 0 aliphatic heterocycles. The maximum absolute atomic E-state index is 11.1. The molecule has 0 saturated carbocycles. The maximum Gasteiger partial charge on any atom is 0.310 e. The molecule has 17 heavy (non-hydrogen) atoms. The second-order valence-corrected chi connectivity index (χ2v) is 6.26. The molecule has 0 bridgehead atoms. The van der Waals surface area contributed by atoms with Crippen LogP contribution in [0.5, 0.6) is 5.75 Å². The van der Waals surface area contributed by atoms with Crippen LogP contribution in [0.2, 0.25) is 0 Å². The number of rotatable bonds is 3. The number of hydrogen-bond donors (Lipinski definition) is 0. The van der Waals surface area contributed by atoms with Gasteiger partial charge in [-0.2, -0.15) is 0 Å². The Labute approximate surface area is 112 Å². The summed E-state index contributed by atoms with van der Waals surface area (Å²) in [5.41, 5.74) is 1.10. The zero-order valence-corrected chi connectivity index (χ0v) is 11.6. The summed E-state index contributed by atoms with van der Waals surface area (Å²) in [7, 11) is 3.25. The van der Waals surface area contributed by atoms with Crippen molar-refractivity contribution in [3.05, 3.63) is 34.2 Å². The SMILES string of the molecule is CCC(=O)Oc1ccc(-c2cc(=S)ss2)cc1. The Balaban J connectivity index is 2.18. The monoisotopic (exact) mass is 282 g/mol. The minimum atomic E-state index is -0.219. The molecule has 2 rings (SSSR count). The molecule has 0 atom stereocenters. The molecule has 0 aliphatic rings. The van der Waals surface area contributed by atoms with Gasteiger partial charge in [0.25, 0.3) is 0 Å². The molecule has 0 aliphatic carbocycles. The van der Waals surface area contributed by atoms with Crippen molar-refractivity contribution >= 4 is 38.9 Å². The first-order valence-electron chi connectivity index (χ1n) is 5.10. The highest BCUT2D eigenvalue weighted by molar-refractivity contribution is 7.80. The molecule has 1 aromatic heterocycles. The minimum Gasteiger partial charge on any atom is -0.427 e. The third-order valence-electron chi connectivity index (χ3n) is 2.12. The molecule has 0 saturated heterocycles. The smallest absolute Gasteiger partial charge is 0.310 e. The van der Waals surface area contributed by atoms with Crippen molar-refractivity contribution in [3.63, 3.8) is 0 Å². The van der Waals surface area contributed by atoms with E-state index in [1.165, 1.54) is 0 Å². The molecule has 0 spiro atoms. The summed E-state index contributed by atoms with van der Waals surface area (Å²) >= 11 is 5.09. The molecule has 5 heteroatoms. The molecule has 88 valence electrons. The fourth-order valence-corrected chi connectivity index (χ4v) is 3.67. The number of hydrogen-bond acceptors (Lipinski definition) is 5. The third-order valence-corrected chi connectivity index (χ3v) is 5.03. The molecule has 0 amide bonds. The van der Waals surface area contributed by atoms with Gasteiger partial charge in [-0.1, -0.05) is 39.8 Å². The Hall–Kier alpha value is -1.04. The summed E-state index contributed by atoms with van der Waals surface area (Å²) < 4.78 is 6.00. The Morgan fingerprint density at radius 3 is 2.53 bits per heavy atom. The van der Waals surface area contributed by atoms with E-state index in [0.29, 0.717) is 12.2 Å². The molecule has 0 fully saturated rings. The second kappa shape index (κ2) is 5.53. The van der Waals surface area contributed by atoms with Crippen LogP contribution in [0.25, 0.3) is 10.4 Å². The van der Waals surface area contributed by atoms with Gasteiger partial charge in [0.15, 0.2) is 0 Å². The van der Waals surface area contributed by atoms with E-state index >= 15 is 0 Å². The predicted molar refractivity (Wildman–Crippen MR) is 74.4 cm³/mol. The number of carbonyl (C=O) groups is 1. The van der Waals surface area contributed by atoms with Crippen LogP contribution < -0.4 is 4.74 Å². The van der Waals surface area contributed by atoms with E-state index in [-0.39, 0.29) is 5.97 Å². The third kappa shape index (κ3) is 3.21. The lowest BCUT2D eigenvalue weighted by Gasteiger charge is -2.03. The van der Waals surface area contributed by atoms with Crippen molar-refractivity contribution < 1.29 is 9.53 Å². The van der Waals surface area contributed by atoms with E-state index in [1.807, 2.05) is 18.2 Å². The van der Waals surface area contributed by atoms with Crippen LogP contribution in [0.1, 0.15) is 13.3 Å². The quantitative estimate of drug-likeness (QED) is 0.358. The summed E-state index contributed by atoms with van der Waals surface area (Å²) in [6, 6.07) is 9.46. The van der Waals surface area contributed by atoms with E-state index in [2.05, 4.69) is 0 Å². The first-order chi connectivity index (χ1) is 8.19. The molecule has 2 nitrogen and oxygen atoms in total. The lowest BCUT2D eigenvalue weighted by Crippen LogP contribution is -2.05. The van der Waals surface area contributed by atoms with Crippen LogP contribution in [-0.4, -0.2) is 5.97 Å². The van der Waals surface area contributed by atoms with E-state index in [4.69, 9.17) is 17.0 Å². The van der Waals surface area contributed by atoms with Gasteiger partial charge in [-0.25, -0.2) is 0 Å². The molecule has 1 heterocycles. The molecule has 0 unspecified atom stereocenters. The first-order valence-corrected chi connectivity index (χ1v) is 7.66. The van der Waals surface area contributed by atoms with Crippen molar-refractivity contribution in [2.24, 2.45) is 0 Å². The topological polar surface area (TPSA) is 26.3 Å². The van der Waals surface area contributed by atoms with Crippen molar-refractivity contribution in [1.82, 2.24) is 0 Å². The van der Waals surface area contributed by atoms with Crippen LogP contribution in [0.4, 0.5) is 0 Å². The Morgan fingerprint density at radius 1 is 1.29 bits per heavy atom. The van der Waals surface area contributed by atoms with Gasteiger partial charge < -0.3 is 4.74 Å². The van der Waals surface area contributed by atoms with Crippen molar-refractivity contribution in [1.29, 1.82) is 0 Å². The highest BCUT2D eigenvalue weighted by Gasteiger charge is 2.03. The Bertz CT molecular complexity index is 566. The molecular weight excluding hydrogens is 272 g/mol. The summed E-state index contributed by atoms with van der Waals surface area (Å²) in [6.45, 7) is 1.77. The molecule has 0 radical (unpaired) electrons. The standard InChI is InChI=1S/C12H10O2S3/c1-2-11(13)14-9-5-3-8(4-6-9)10-7-12(15)17-16-10/h3-7H,2H2,1H3. The summed E-state index contributed by atoms with van der Waals surface area (Å²) in [5, 5.41) is 0. The van der Waals surface area contributed by atoms with Crippen LogP contribution >= 0.6 is 32.9 Å². The number of carbonyl (C=O) groups excluding carboxylic acids is 1. The van der Waals surface area contributed by atoms with Crippen LogP contribution in [0.3, 0.4) is 0 Å². The Kier molecular flexibility index (Phi) is 4.04. The van der Waals surface area contributed by atoms with Crippen molar-refractivity contribution in [2.45, 2.75) is 13.3 Å². The highest BCUT2D eigenvalue weighted by atomic mass is 32.9. The van der Waals surface area contributed by atoms with Gasteiger partial charge in [0.05, 0.1) is 0 Å².